The van der Waals surface area contributed by atoms with Crippen molar-refractivity contribution < 1.29 is 9.53 Å². The summed E-state index contributed by atoms with van der Waals surface area (Å²) >= 11 is 0. The minimum Gasteiger partial charge on any atom is -0.380 e. The van der Waals surface area contributed by atoms with Gasteiger partial charge in [0.15, 0.2) is 0 Å². The molecule has 0 saturated carbocycles. The van der Waals surface area contributed by atoms with Crippen molar-refractivity contribution in [3.05, 3.63) is 29.8 Å². The SMILES string of the molecule is CC1(CNC(=O)Nc2cccc(C#N)c2)COC1. The van der Waals surface area contributed by atoms with Gasteiger partial charge in [0.2, 0.25) is 0 Å². The summed E-state index contributed by atoms with van der Waals surface area (Å²) in [4.78, 5) is 11.7. The molecule has 0 aliphatic carbocycles. The lowest BCUT2D eigenvalue weighted by Gasteiger charge is -2.37. The van der Waals surface area contributed by atoms with Crippen molar-refractivity contribution in [3.8, 4) is 6.07 Å². The Labute approximate surface area is 106 Å². The zero-order chi connectivity index (χ0) is 13.0. The molecule has 0 aromatic heterocycles. The van der Waals surface area contributed by atoms with Crippen molar-refractivity contribution in [2.24, 2.45) is 5.41 Å². The number of carbonyl (C=O) groups is 1. The summed E-state index contributed by atoms with van der Waals surface area (Å²) in [5, 5.41) is 14.2. The first-order valence-corrected chi connectivity index (χ1v) is 5.74. The number of nitriles is 1. The van der Waals surface area contributed by atoms with Crippen LogP contribution in [0.15, 0.2) is 24.3 Å². The van der Waals surface area contributed by atoms with Gasteiger partial charge >= 0.3 is 6.03 Å². The number of anilines is 1. The first-order valence-electron chi connectivity index (χ1n) is 5.74. The van der Waals surface area contributed by atoms with E-state index in [9.17, 15) is 4.79 Å². The first kappa shape index (κ1) is 12.4. The Morgan fingerprint density at radius 2 is 2.33 bits per heavy atom. The standard InChI is InChI=1S/C13H15N3O2/c1-13(8-18-9-13)7-15-12(17)16-11-4-2-3-10(5-11)6-14/h2-5H,7-9H2,1H3,(H2,15,16,17). The van der Waals surface area contributed by atoms with Crippen molar-refractivity contribution in [2.75, 3.05) is 25.1 Å². The number of benzene rings is 1. The van der Waals surface area contributed by atoms with E-state index in [2.05, 4.69) is 17.6 Å². The van der Waals surface area contributed by atoms with Crippen LogP contribution >= 0.6 is 0 Å². The fourth-order valence-electron chi connectivity index (χ4n) is 1.69. The fraction of sp³-hybridized carbons (Fsp3) is 0.385. The summed E-state index contributed by atoms with van der Waals surface area (Å²) in [6.07, 6.45) is 0. The van der Waals surface area contributed by atoms with Gasteiger partial charge in [-0.15, -0.1) is 0 Å². The Morgan fingerprint density at radius 3 is 2.94 bits per heavy atom. The Balaban J connectivity index is 1.85. The second kappa shape index (κ2) is 5.07. The van der Waals surface area contributed by atoms with Crippen LogP contribution in [0, 0.1) is 16.7 Å². The Kier molecular flexibility index (Phi) is 3.49. The molecule has 1 saturated heterocycles. The lowest BCUT2D eigenvalue weighted by molar-refractivity contribution is -0.0974. The molecule has 1 heterocycles. The van der Waals surface area contributed by atoms with E-state index in [0.717, 1.165) is 0 Å². The van der Waals surface area contributed by atoms with Crippen LogP contribution in [0.1, 0.15) is 12.5 Å². The van der Waals surface area contributed by atoms with E-state index in [4.69, 9.17) is 10.00 Å². The van der Waals surface area contributed by atoms with E-state index in [1.807, 2.05) is 6.07 Å². The van der Waals surface area contributed by atoms with E-state index >= 15 is 0 Å². The summed E-state index contributed by atoms with van der Waals surface area (Å²) in [5.74, 6) is 0. The van der Waals surface area contributed by atoms with Crippen molar-refractivity contribution >= 4 is 11.7 Å². The molecule has 5 nitrogen and oxygen atoms in total. The molecule has 1 aromatic rings. The highest BCUT2D eigenvalue weighted by Crippen LogP contribution is 2.25. The molecular weight excluding hydrogens is 230 g/mol. The number of carbonyl (C=O) groups excluding carboxylic acids is 1. The normalized spacial score (nSPS) is 16.2. The monoisotopic (exact) mass is 245 g/mol. The van der Waals surface area contributed by atoms with Crippen LogP contribution in [-0.2, 0) is 4.74 Å². The van der Waals surface area contributed by atoms with Gasteiger partial charge in [0, 0.05) is 17.6 Å². The molecule has 94 valence electrons. The maximum atomic E-state index is 11.7. The molecule has 18 heavy (non-hydrogen) atoms. The smallest absolute Gasteiger partial charge is 0.319 e. The molecule has 0 unspecified atom stereocenters. The summed E-state index contributed by atoms with van der Waals surface area (Å²) < 4.78 is 5.11. The summed E-state index contributed by atoms with van der Waals surface area (Å²) in [7, 11) is 0. The van der Waals surface area contributed by atoms with Crippen molar-refractivity contribution in [1.82, 2.24) is 5.32 Å². The van der Waals surface area contributed by atoms with Crippen LogP contribution in [0.2, 0.25) is 0 Å². The van der Waals surface area contributed by atoms with Gasteiger partial charge < -0.3 is 15.4 Å². The zero-order valence-corrected chi connectivity index (χ0v) is 10.2. The van der Waals surface area contributed by atoms with E-state index < -0.39 is 0 Å². The van der Waals surface area contributed by atoms with E-state index in [-0.39, 0.29) is 11.4 Å². The third-order valence-corrected chi connectivity index (χ3v) is 2.83. The van der Waals surface area contributed by atoms with Crippen LogP contribution in [-0.4, -0.2) is 25.8 Å². The molecule has 2 rings (SSSR count). The fourth-order valence-corrected chi connectivity index (χ4v) is 1.69. The van der Waals surface area contributed by atoms with Crippen LogP contribution < -0.4 is 10.6 Å². The number of urea groups is 1. The minimum atomic E-state index is -0.266. The number of hydrogen-bond acceptors (Lipinski definition) is 3. The second-order valence-electron chi connectivity index (χ2n) is 4.80. The topological polar surface area (TPSA) is 74.2 Å². The van der Waals surface area contributed by atoms with E-state index in [1.54, 1.807) is 24.3 Å². The van der Waals surface area contributed by atoms with E-state index in [0.29, 0.717) is 31.0 Å². The molecule has 0 radical (unpaired) electrons. The predicted molar refractivity (Wildman–Crippen MR) is 67.1 cm³/mol. The summed E-state index contributed by atoms with van der Waals surface area (Å²) in [5.41, 5.74) is 1.18. The van der Waals surface area contributed by atoms with Gasteiger partial charge in [-0.1, -0.05) is 13.0 Å². The van der Waals surface area contributed by atoms with Gasteiger partial charge in [-0.2, -0.15) is 5.26 Å². The van der Waals surface area contributed by atoms with E-state index in [1.165, 1.54) is 0 Å². The molecule has 5 heteroatoms. The summed E-state index contributed by atoms with van der Waals surface area (Å²) in [6, 6.07) is 8.56. The Bertz CT molecular complexity index is 489. The van der Waals surface area contributed by atoms with Gasteiger partial charge in [-0.3, -0.25) is 0 Å². The van der Waals surface area contributed by atoms with Gasteiger partial charge in [0.1, 0.15) is 0 Å². The lowest BCUT2D eigenvalue weighted by atomic mass is 9.89. The molecule has 1 aromatic carbocycles. The number of rotatable bonds is 3. The van der Waals surface area contributed by atoms with Gasteiger partial charge in [-0.05, 0) is 18.2 Å². The van der Waals surface area contributed by atoms with Crippen LogP contribution in [0.3, 0.4) is 0 Å². The lowest BCUT2D eigenvalue weighted by Crippen LogP contribution is -2.49. The predicted octanol–water partition coefficient (Wildman–Crippen LogP) is 1.72. The molecular formula is C13H15N3O2. The van der Waals surface area contributed by atoms with Gasteiger partial charge in [-0.25, -0.2) is 4.79 Å². The molecule has 2 N–H and O–H groups in total. The molecule has 2 amide bonds. The maximum absolute atomic E-state index is 11.7. The molecule has 0 atom stereocenters. The van der Waals surface area contributed by atoms with Crippen molar-refractivity contribution in [3.63, 3.8) is 0 Å². The quantitative estimate of drug-likeness (QED) is 0.851. The van der Waals surface area contributed by atoms with Crippen LogP contribution in [0.5, 0.6) is 0 Å². The second-order valence-corrected chi connectivity index (χ2v) is 4.80. The number of nitrogens with zero attached hydrogens (tertiary/aromatic N) is 1. The number of nitrogens with one attached hydrogen (secondary N) is 2. The number of ether oxygens (including phenoxy) is 1. The molecule has 1 fully saturated rings. The largest absolute Gasteiger partial charge is 0.380 e. The third kappa shape index (κ3) is 2.99. The average Bonchev–Trinajstić information content (AvgIpc) is 2.34. The molecule has 0 spiro atoms. The third-order valence-electron chi connectivity index (χ3n) is 2.83. The van der Waals surface area contributed by atoms with Crippen LogP contribution in [0.4, 0.5) is 10.5 Å². The van der Waals surface area contributed by atoms with Gasteiger partial charge in [0.25, 0.3) is 0 Å². The zero-order valence-electron chi connectivity index (χ0n) is 10.2. The Hall–Kier alpha value is -2.06. The van der Waals surface area contributed by atoms with Gasteiger partial charge in [0.05, 0.1) is 24.8 Å². The minimum absolute atomic E-state index is 0.0475. The average molecular weight is 245 g/mol. The Morgan fingerprint density at radius 1 is 1.56 bits per heavy atom. The number of hydrogen-bond donors (Lipinski definition) is 2. The highest BCUT2D eigenvalue weighted by Gasteiger charge is 2.33. The first-order chi connectivity index (χ1) is 8.61. The van der Waals surface area contributed by atoms with Crippen LogP contribution in [0.25, 0.3) is 0 Å². The molecule has 1 aliphatic rings. The van der Waals surface area contributed by atoms with Crippen molar-refractivity contribution in [2.45, 2.75) is 6.92 Å². The van der Waals surface area contributed by atoms with Crippen molar-refractivity contribution in [1.29, 1.82) is 5.26 Å². The number of amides is 2. The summed E-state index contributed by atoms with van der Waals surface area (Å²) in [6.45, 7) is 4.00. The molecule has 1 aliphatic heterocycles. The highest BCUT2D eigenvalue weighted by atomic mass is 16.5. The maximum Gasteiger partial charge on any atom is 0.319 e. The molecule has 0 bridgehead atoms. The highest BCUT2D eigenvalue weighted by molar-refractivity contribution is 5.89.